The van der Waals surface area contributed by atoms with Gasteiger partial charge in [-0.3, -0.25) is 19.7 Å². The Hall–Kier alpha value is -4.24. The van der Waals surface area contributed by atoms with Gasteiger partial charge in [0, 0.05) is 50.3 Å². The number of para-hydroxylation sites is 2. The fourth-order valence-corrected chi connectivity index (χ4v) is 6.52. The van der Waals surface area contributed by atoms with Crippen LogP contribution in [-0.2, 0) is 22.6 Å². The van der Waals surface area contributed by atoms with Crippen LogP contribution in [0, 0.1) is 11.3 Å². The summed E-state index contributed by atoms with van der Waals surface area (Å²) in [6.07, 6.45) is 1.02. The molecule has 2 bridgehead atoms. The van der Waals surface area contributed by atoms with Crippen LogP contribution in [0.5, 0.6) is 5.75 Å². The Morgan fingerprint density at radius 2 is 1.67 bits per heavy atom. The van der Waals surface area contributed by atoms with Gasteiger partial charge in [-0.25, -0.2) is 9.69 Å². The number of barbiturate groups is 1. The molecule has 3 aliphatic heterocycles. The Morgan fingerprint density at radius 1 is 0.897 bits per heavy atom. The minimum atomic E-state index is -1.57. The molecular weight excluding hydrogens is 496 g/mol. The topological polar surface area (TPSA) is 101 Å². The van der Waals surface area contributed by atoms with E-state index in [1.54, 1.807) is 55.6 Å². The number of fused-ring (bicyclic) bond motifs is 4. The van der Waals surface area contributed by atoms with Gasteiger partial charge in [0.05, 0.1) is 12.8 Å². The number of benzene rings is 2. The van der Waals surface area contributed by atoms with Crippen LogP contribution in [0.25, 0.3) is 0 Å². The van der Waals surface area contributed by atoms with E-state index in [2.05, 4.69) is 10.2 Å². The molecule has 0 saturated carbocycles. The van der Waals surface area contributed by atoms with Gasteiger partial charge in [-0.15, -0.1) is 0 Å². The van der Waals surface area contributed by atoms with Crippen LogP contribution in [0.3, 0.4) is 0 Å². The summed E-state index contributed by atoms with van der Waals surface area (Å²) in [5.41, 5.74) is 0.533. The first kappa shape index (κ1) is 25.1. The van der Waals surface area contributed by atoms with E-state index in [0.29, 0.717) is 36.6 Å². The summed E-state index contributed by atoms with van der Waals surface area (Å²) < 4.78 is 7.42. The lowest BCUT2D eigenvalue weighted by Gasteiger charge is -2.47. The van der Waals surface area contributed by atoms with Crippen molar-refractivity contribution in [2.24, 2.45) is 11.3 Å². The number of anilines is 1. The van der Waals surface area contributed by atoms with E-state index in [9.17, 15) is 19.2 Å². The third-order valence-corrected chi connectivity index (χ3v) is 8.22. The molecule has 1 N–H and O–H groups in total. The number of piperidine rings is 1. The summed E-state index contributed by atoms with van der Waals surface area (Å²) in [5, 5.41) is 2.48. The number of methoxy groups -OCH3 is 1. The van der Waals surface area contributed by atoms with Gasteiger partial charge in [-0.1, -0.05) is 42.5 Å². The molecule has 3 atom stereocenters. The number of aromatic nitrogens is 1. The van der Waals surface area contributed by atoms with Crippen molar-refractivity contribution in [2.75, 3.05) is 31.6 Å². The fourth-order valence-electron chi connectivity index (χ4n) is 6.52. The number of urea groups is 1. The summed E-state index contributed by atoms with van der Waals surface area (Å²) in [6, 6.07) is 20.6. The van der Waals surface area contributed by atoms with Crippen molar-refractivity contribution in [1.82, 2.24) is 14.8 Å². The number of nitrogens with zero attached hydrogens (tertiary/aromatic N) is 3. The molecule has 9 nitrogen and oxygen atoms in total. The van der Waals surface area contributed by atoms with Gasteiger partial charge in [-0.05, 0) is 42.2 Å². The molecule has 39 heavy (non-hydrogen) atoms. The molecule has 0 aliphatic carbocycles. The lowest BCUT2D eigenvalue weighted by atomic mass is 9.75. The molecule has 2 saturated heterocycles. The molecule has 6 rings (SSSR count). The van der Waals surface area contributed by atoms with Crippen molar-refractivity contribution in [2.45, 2.75) is 25.3 Å². The van der Waals surface area contributed by atoms with Gasteiger partial charge < -0.3 is 14.2 Å². The van der Waals surface area contributed by atoms with Crippen LogP contribution in [0.2, 0.25) is 0 Å². The Kier molecular flexibility index (Phi) is 6.31. The molecule has 0 spiro atoms. The van der Waals surface area contributed by atoms with Crippen molar-refractivity contribution < 1.29 is 19.1 Å². The first-order valence-corrected chi connectivity index (χ1v) is 13.2. The number of likely N-dealkylation sites (tertiary alicyclic amines) is 1. The zero-order chi connectivity index (χ0) is 27.1. The van der Waals surface area contributed by atoms with Crippen molar-refractivity contribution >= 4 is 23.5 Å². The standard InChI is InChI=1S/C30H30N4O5/c1-39-25-12-6-5-8-21(25)15-30(27(36)31-29(38)34(28(30)37)23-9-3-2-4-10-23)19-32-16-20-14-22(18-32)24-11-7-13-26(35)33(24)17-20/h2-13,20,22H,14-19H2,1H3,(H,31,36,38)/t20-,22+,30-/m1/s1. The average molecular weight is 527 g/mol. The highest BCUT2D eigenvalue weighted by Gasteiger charge is 2.56. The summed E-state index contributed by atoms with van der Waals surface area (Å²) in [5.74, 6) is -0.260. The van der Waals surface area contributed by atoms with Gasteiger partial charge in [0.25, 0.3) is 11.5 Å². The van der Waals surface area contributed by atoms with Crippen LogP contribution in [-0.4, -0.2) is 54.1 Å². The van der Waals surface area contributed by atoms with E-state index < -0.39 is 23.3 Å². The highest BCUT2D eigenvalue weighted by Crippen LogP contribution is 2.40. The number of hydrogen-bond donors (Lipinski definition) is 1. The van der Waals surface area contributed by atoms with Crippen molar-refractivity contribution in [1.29, 1.82) is 0 Å². The molecule has 3 aromatic rings. The zero-order valence-electron chi connectivity index (χ0n) is 21.7. The number of amides is 4. The number of carbonyl (C=O) groups excluding carboxylic acids is 3. The minimum Gasteiger partial charge on any atom is -0.496 e. The molecule has 200 valence electrons. The Balaban J connectivity index is 1.40. The average Bonchev–Trinajstić information content (AvgIpc) is 2.93. The van der Waals surface area contributed by atoms with Gasteiger partial charge >= 0.3 is 6.03 Å². The van der Waals surface area contributed by atoms with Crippen molar-refractivity contribution in [3.63, 3.8) is 0 Å². The fraction of sp³-hybridized carbons (Fsp3) is 0.333. The number of carbonyl (C=O) groups is 3. The second-order valence-corrected chi connectivity index (χ2v) is 10.7. The number of nitrogens with one attached hydrogen (secondary N) is 1. The van der Waals surface area contributed by atoms with Gasteiger partial charge in [-0.2, -0.15) is 0 Å². The highest BCUT2D eigenvalue weighted by molar-refractivity contribution is 6.30. The number of ether oxygens (including phenoxy) is 1. The molecule has 4 amide bonds. The molecule has 9 heteroatoms. The largest absolute Gasteiger partial charge is 0.496 e. The van der Waals surface area contributed by atoms with E-state index in [1.807, 2.05) is 28.8 Å². The van der Waals surface area contributed by atoms with Crippen LogP contribution >= 0.6 is 0 Å². The molecule has 2 aromatic carbocycles. The first-order valence-electron chi connectivity index (χ1n) is 13.2. The van der Waals surface area contributed by atoms with E-state index >= 15 is 0 Å². The number of hydrogen-bond acceptors (Lipinski definition) is 6. The van der Waals surface area contributed by atoms with E-state index in [1.165, 1.54) is 0 Å². The lowest BCUT2D eigenvalue weighted by Crippen LogP contribution is -2.68. The normalized spacial score (nSPS) is 24.7. The van der Waals surface area contributed by atoms with Gasteiger partial charge in [0.1, 0.15) is 11.2 Å². The minimum absolute atomic E-state index is 0.00199. The molecular formula is C30H30N4O5. The second kappa shape index (κ2) is 9.81. The number of imide groups is 2. The molecule has 0 radical (unpaired) electrons. The lowest BCUT2D eigenvalue weighted by molar-refractivity contribution is -0.144. The van der Waals surface area contributed by atoms with Crippen LogP contribution < -0.4 is 20.5 Å². The molecule has 1 aromatic heterocycles. The van der Waals surface area contributed by atoms with E-state index in [-0.39, 0.29) is 30.4 Å². The highest BCUT2D eigenvalue weighted by atomic mass is 16.5. The second-order valence-electron chi connectivity index (χ2n) is 10.7. The van der Waals surface area contributed by atoms with Crippen molar-refractivity contribution in [3.05, 3.63) is 94.4 Å². The van der Waals surface area contributed by atoms with Crippen LogP contribution in [0.1, 0.15) is 23.6 Å². The molecule has 4 heterocycles. The zero-order valence-corrected chi connectivity index (χ0v) is 21.7. The third-order valence-electron chi connectivity index (χ3n) is 8.22. The van der Waals surface area contributed by atoms with Gasteiger partial charge in [0.15, 0.2) is 0 Å². The Morgan fingerprint density at radius 3 is 2.46 bits per heavy atom. The Bertz CT molecular complexity index is 1500. The molecule has 2 fully saturated rings. The monoisotopic (exact) mass is 526 g/mol. The van der Waals surface area contributed by atoms with E-state index in [4.69, 9.17) is 4.74 Å². The molecule has 3 aliphatic rings. The summed E-state index contributed by atoms with van der Waals surface area (Å²) in [4.78, 5) is 56.9. The maximum atomic E-state index is 14.4. The van der Waals surface area contributed by atoms with Crippen molar-refractivity contribution in [3.8, 4) is 5.75 Å². The Labute approximate surface area is 226 Å². The summed E-state index contributed by atoms with van der Waals surface area (Å²) in [7, 11) is 1.55. The predicted octanol–water partition coefficient (Wildman–Crippen LogP) is 2.79. The first-order chi connectivity index (χ1) is 18.9. The van der Waals surface area contributed by atoms with Gasteiger partial charge in [0.2, 0.25) is 5.91 Å². The van der Waals surface area contributed by atoms with Crippen LogP contribution in [0.4, 0.5) is 10.5 Å². The summed E-state index contributed by atoms with van der Waals surface area (Å²) >= 11 is 0. The maximum absolute atomic E-state index is 14.4. The third kappa shape index (κ3) is 4.32. The van der Waals surface area contributed by atoms with Crippen LogP contribution in [0.15, 0.2) is 77.6 Å². The smallest absolute Gasteiger partial charge is 0.335 e. The quantitative estimate of drug-likeness (QED) is 0.496. The number of pyridine rings is 1. The van der Waals surface area contributed by atoms with E-state index in [0.717, 1.165) is 17.0 Å². The predicted molar refractivity (Wildman–Crippen MR) is 145 cm³/mol. The molecule has 0 unspecified atom stereocenters. The SMILES string of the molecule is COc1ccccc1C[C@@]1(CN2C[C@H]3C[C@@H](C2)c2cccc(=O)n2C3)C(=O)NC(=O)N(c2ccccc2)C1=O. The maximum Gasteiger partial charge on any atom is 0.335 e. The summed E-state index contributed by atoms with van der Waals surface area (Å²) in [6.45, 7) is 1.99. The number of rotatable bonds is 6.